The summed E-state index contributed by atoms with van der Waals surface area (Å²) in [6.45, 7) is 3.27. The first-order chi connectivity index (χ1) is 8.00. The van der Waals surface area contributed by atoms with Crippen LogP contribution in [0.5, 0.6) is 0 Å². The van der Waals surface area contributed by atoms with E-state index in [1.807, 2.05) is 19.2 Å². The van der Waals surface area contributed by atoms with Crippen LogP contribution in [0.4, 0.5) is 5.69 Å². The molecular weight excluding hydrogens is 234 g/mol. The minimum atomic E-state index is 0.0290. The Bertz CT molecular complexity index is 444. The Morgan fingerprint density at radius 1 is 1.59 bits per heavy atom. The molecule has 1 aromatic rings. The van der Waals surface area contributed by atoms with Crippen molar-refractivity contribution >= 4 is 23.1 Å². The second kappa shape index (κ2) is 4.57. The standard InChI is InChI=1S/C13H18ClN3/c1-8-6-9(8)7-17(2)11-5-3-4-10(14)12(11)13(15)16/h3-5,8-9H,6-7H2,1-2H3,(H3,15,16). The zero-order valence-electron chi connectivity index (χ0n) is 10.2. The molecule has 1 aromatic carbocycles. The largest absolute Gasteiger partial charge is 0.384 e. The van der Waals surface area contributed by atoms with Crippen molar-refractivity contribution in [3.63, 3.8) is 0 Å². The summed E-state index contributed by atoms with van der Waals surface area (Å²) in [7, 11) is 2.03. The molecule has 1 saturated carbocycles. The van der Waals surface area contributed by atoms with Crippen LogP contribution < -0.4 is 10.6 Å². The van der Waals surface area contributed by atoms with Gasteiger partial charge in [-0.3, -0.25) is 5.41 Å². The lowest BCUT2D eigenvalue weighted by Gasteiger charge is -2.22. The fourth-order valence-corrected chi connectivity index (χ4v) is 2.47. The Morgan fingerprint density at radius 2 is 2.24 bits per heavy atom. The Morgan fingerprint density at radius 3 is 2.76 bits per heavy atom. The lowest BCUT2D eigenvalue weighted by Crippen LogP contribution is -2.25. The number of hydrogen-bond donors (Lipinski definition) is 2. The molecule has 0 bridgehead atoms. The van der Waals surface area contributed by atoms with E-state index >= 15 is 0 Å². The molecule has 4 heteroatoms. The van der Waals surface area contributed by atoms with E-state index < -0.39 is 0 Å². The Balaban J connectivity index is 2.24. The second-order valence-electron chi connectivity index (χ2n) is 4.90. The van der Waals surface area contributed by atoms with Crippen LogP contribution in [0.2, 0.25) is 5.02 Å². The molecule has 3 N–H and O–H groups in total. The van der Waals surface area contributed by atoms with Gasteiger partial charge in [0.05, 0.1) is 10.6 Å². The van der Waals surface area contributed by atoms with Gasteiger partial charge in [-0.2, -0.15) is 0 Å². The molecule has 0 amide bonds. The van der Waals surface area contributed by atoms with Gasteiger partial charge in [-0.05, 0) is 30.4 Å². The van der Waals surface area contributed by atoms with E-state index in [9.17, 15) is 0 Å². The highest BCUT2D eigenvalue weighted by atomic mass is 35.5. The summed E-state index contributed by atoms with van der Waals surface area (Å²) in [6, 6.07) is 5.64. The minimum Gasteiger partial charge on any atom is -0.384 e. The Hall–Kier alpha value is -1.22. The molecule has 0 saturated heterocycles. The number of anilines is 1. The van der Waals surface area contributed by atoms with Crippen LogP contribution >= 0.6 is 11.6 Å². The summed E-state index contributed by atoms with van der Waals surface area (Å²) in [4.78, 5) is 2.15. The van der Waals surface area contributed by atoms with Crippen molar-refractivity contribution in [1.82, 2.24) is 0 Å². The molecule has 2 atom stereocenters. The van der Waals surface area contributed by atoms with E-state index in [1.165, 1.54) is 6.42 Å². The number of nitrogens with zero attached hydrogens (tertiary/aromatic N) is 1. The molecule has 2 unspecified atom stereocenters. The quantitative estimate of drug-likeness (QED) is 0.639. The van der Waals surface area contributed by atoms with Crippen LogP contribution in [-0.2, 0) is 0 Å². The highest BCUT2D eigenvalue weighted by Gasteiger charge is 2.33. The zero-order chi connectivity index (χ0) is 12.6. The fourth-order valence-electron chi connectivity index (χ4n) is 2.20. The minimum absolute atomic E-state index is 0.0290. The van der Waals surface area contributed by atoms with Crippen molar-refractivity contribution in [2.75, 3.05) is 18.5 Å². The van der Waals surface area contributed by atoms with Gasteiger partial charge in [0.2, 0.25) is 0 Å². The predicted octanol–water partition coefficient (Wildman–Crippen LogP) is 2.72. The molecule has 0 heterocycles. The molecule has 3 nitrogen and oxygen atoms in total. The average molecular weight is 252 g/mol. The third-order valence-electron chi connectivity index (χ3n) is 3.46. The first kappa shape index (κ1) is 12.2. The number of nitrogen functional groups attached to an aromatic ring is 1. The van der Waals surface area contributed by atoms with E-state index in [2.05, 4.69) is 11.8 Å². The van der Waals surface area contributed by atoms with Gasteiger partial charge in [0.15, 0.2) is 0 Å². The van der Waals surface area contributed by atoms with Gasteiger partial charge in [0.25, 0.3) is 0 Å². The maximum atomic E-state index is 7.61. The van der Waals surface area contributed by atoms with Crippen molar-refractivity contribution < 1.29 is 0 Å². The molecule has 1 aliphatic rings. The normalized spacial score (nSPS) is 22.3. The number of rotatable bonds is 4. The van der Waals surface area contributed by atoms with Crippen molar-refractivity contribution in [1.29, 1.82) is 5.41 Å². The SMILES string of the molecule is CC1CC1CN(C)c1cccc(Cl)c1C(=N)N. The molecule has 17 heavy (non-hydrogen) atoms. The molecule has 0 radical (unpaired) electrons. The molecule has 1 fully saturated rings. The number of hydrogen-bond acceptors (Lipinski definition) is 2. The zero-order valence-corrected chi connectivity index (χ0v) is 11.0. The predicted molar refractivity (Wildman–Crippen MR) is 73.0 cm³/mol. The number of amidine groups is 1. The third-order valence-corrected chi connectivity index (χ3v) is 3.77. The van der Waals surface area contributed by atoms with E-state index in [0.29, 0.717) is 10.6 Å². The third kappa shape index (κ3) is 2.55. The maximum absolute atomic E-state index is 7.61. The summed E-state index contributed by atoms with van der Waals surface area (Å²) < 4.78 is 0. The monoisotopic (exact) mass is 251 g/mol. The van der Waals surface area contributed by atoms with Gasteiger partial charge >= 0.3 is 0 Å². The van der Waals surface area contributed by atoms with E-state index in [1.54, 1.807) is 6.07 Å². The van der Waals surface area contributed by atoms with E-state index in [0.717, 1.165) is 24.1 Å². The van der Waals surface area contributed by atoms with Crippen LogP contribution in [0.1, 0.15) is 18.9 Å². The number of benzene rings is 1. The first-order valence-electron chi connectivity index (χ1n) is 5.84. The molecule has 2 rings (SSSR count). The van der Waals surface area contributed by atoms with Crippen LogP contribution in [0.3, 0.4) is 0 Å². The molecule has 92 valence electrons. The molecule has 0 spiro atoms. The van der Waals surface area contributed by atoms with Crippen LogP contribution in [0, 0.1) is 17.2 Å². The maximum Gasteiger partial charge on any atom is 0.126 e. The number of halogens is 1. The molecule has 0 aliphatic heterocycles. The average Bonchev–Trinajstić information content (AvgIpc) is 2.93. The van der Waals surface area contributed by atoms with Crippen molar-refractivity contribution in [3.05, 3.63) is 28.8 Å². The van der Waals surface area contributed by atoms with Crippen molar-refractivity contribution in [2.45, 2.75) is 13.3 Å². The van der Waals surface area contributed by atoms with Gasteiger partial charge in [-0.15, -0.1) is 0 Å². The van der Waals surface area contributed by atoms with Crippen LogP contribution in [0.25, 0.3) is 0 Å². The van der Waals surface area contributed by atoms with Gasteiger partial charge in [0, 0.05) is 19.3 Å². The second-order valence-corrected chi connectivity index (χ2v) is 5.31. The summed E-state index contributed by atoms with van der Waals surface area (Å²) in [5, 5.41) is 8.16. The molecule has 0 aromatic heterocycles. The molecule has 1 aliphatic carbocycles. The summed E-state index contributed by atoms with van der Waals surface area (Å²) in [5.74, 6) is 1.61. The molecular formula is C13H18ClN3. The Labute approximate surface area is 107 Å². The summed E-state index contributed by atoms with van der Waals surface area (Å²) in [5.41, 5.74) is 7.19. The first-order valence-corrected chi connectivity index (χ1v) is 6.22. The Kier molecular flexibility index (Phi) is 3.29. The van der Waals surface area contributed by atoms with Crippen LogP contribution in [0.15, 0.2) is 18.2 Å². The summed E-state index contributed by atoms with van der Waals surface area (Å²) in [6.07, 6.45) is 1.29. The highest BCUT2D eigenvalue weighted by molar-refractivity contribution is 6.34. The number of nitrogens with two attached hydrogens (primary N) is 1. The lowest BCUT2D eigenvalue weighted by molar-refractivity contribution is 0.725. The van der Waals surface area contributed by atoms with Gasteiger partial charge in [0.1, 0.15) is 5.84 Å². The van der Waals surface area contributed by atoms with Crippen molar-refractivity contribution in [2.24, 2.45) is 17.6 Å². The van der Waals surface area contributed by atoms with Crippen LogP contribution in [-0.4, -0.2) is 19.4 Å². The smallest absolute Gasteiger partial charge is 0.126 e. The topological polar surface area (TPSA) is 53.1 Å². The van der Waals surface area contributed by atoms with Gasteiger partial charge in [-0.25, -0.2) is 0 Å². The fraction of sp³-hybridized carbons (Fsp3) is 0.462. The van der Waals surface area contributed by atoms with Gasteiger partial charge in [-0.1, -0.05) is 24.6 Å². The number of nitrogens with one attached hydrogen (secondary N) is 1. The summed E-state index contributed by atoms with van der Waals surface area (Å²) >= 11 is 6.10. The van der Waals surface area contributed by atoms with E-state index in [-0.39, 0.29) is 5.84 Å². The van der Waals surface area contributed by atoms with Gasteiger partial charge < -0.3 is 10.6 Å². The van der Waals surface area contributed by atoms with Crippen molar-refractivity contribution in [3.8, 4) is 0 Å². The lowest BCUT2D eigenvalue weighted by atomic mass is 10.1. The van der Waals surface area contributed by atoms with E-state index in [4.69, 9.17) is 22.7 Å². The highest BCUT2D eigenvalue weighted by Crippen LogP contribution is 2.39.